The number of benzene rings is 1. The Balaban J connectivity index is 2.15. The van der Waals surface area contributed by atoms with Crippen LogP contribution in [0.15, 0.2) is 24.3 Å². The van der Waals surface area contributed by atoms with Gasteiger partial charge in [-0.1, -0.05) is 6.07 Å². The Morgan fingerprint density at radius 3 is 2.80 bits per heavy atom. The van der Waals surface area contributed by atoms with Crippen LogP contribution in [-0.2, 0) is 0 Å². The van der Waals surface area contributed by atoms with Gasteiger partial charge >= 0.3 is 0 Å². The molecule has 1 aromatic carbocycles. The highest BCUT2D eigenvalue weighted by molar-refractivity contribution is 5.53. The molecule has 2 rings (SSSR count). The number of non-ortho nitro benzene ring substituents is 1. The van der Waals surface area contributed by atoms with Crippen molar-refractivity contribution in [2.75, 3.05) is 11.9 Å². The third kappa shape index (κ3) is 2.07. The van der Waals surface area contributed by atoms with E-state index in [1.54, 1.807) is 12.1 Å². The first-order chi connectivity index (χ1) is 7.15. The monoisotopic (exact) mass is 208 g/mol. The lowest BCUT2D eigenvalue weighted by Gasteiger charge is -2.15. The second-order valence-electron chi connectivity index (χ2n) is 3.87. The van der Waals surface area contributed by atoms with Crippen molar-refractivity contribution in [3.8, 4) is 0 Å². The number of nitrogens with zero attached hydrogens (tertiary/aromatic N) is 1. The molecule has 2 N–H and O–H groups in total. The molecule has 80 valence electrons. The SMILES string of the molecule is O=[N+]([O-])c1cccc(NC2(CO)CC2)c1. The van der Waals surface area contributed by atoms with Gasteiger partial charge in [-0.25, -0.2) is 0 Å². The molecule has 0 saturated heterocycles. The van der Waals surface area contributed by atoms with Crippen molar-refractivity contribution in [2.45, 2.75) is 18.4 Å². The predicted octanol–water partition coefficient (Wildman–Crippen LogP) is 1.53. The normalized spacial score (nSPS) is 17.1. The minimum Gasteiger partial charge on any atom is -0.394 e. The van der Waals surface area contributed by atoms with Gasteiger partial charge in [0.25, 0.3) is 5.69 Å². The Hall–Kier alpha value is -1.62. The predicted molar refractivity (Wildman–Crippen MR) is 55.8 cm³/mol. The maximum Gasteiger partial charge on any atom is 0.271 e. The van der Waals surface area contributed by atoms with Crippen LogP contribution in [0.1, 0.15) is 12.8 Å². The molecule has 1 aliphatic rings. The quantitative estimate of drug-likeness (QED) is 0.581. The Morgan fingerprint density at radius 1 is 1.53 bits per heavy atom. The Labute approximate surface area is 86.9 Å². The lowest BCUT2D eigenvalue weighted by Crippen LogP contribution is -2.25. The topological polar surface area (TPSA) is 75.4 Å². The van der Waals surface area contributed by atoms with Crippen LogP contribution < -0.4 is 5.32 Å². The lowest BCUT2D eigenvalue weighted by atomic mass is 10.2. The average Bonchev–Trinajstić information content (AvgIpc) is 2.99. The summed E-state index contributed by atoms with van der Waals surface area (Å²) in [6, 6.07) is 6.33. The number of aliphatic hydroxyl groups excluding tert-OH is 1. The van der Waals surface area contributed by atoms with Crippen LogP contribution in [0.5, 0.6) is 0 Å². The van der Waals surface area contributed by atoms with Gasteiger partial charge in [0.05, 0.1) is 17.1 Å². The van der Waals surface area contributed by atoms with E-state index in [2.05, 4.69) is 5.32 Å². The highest BCUT2D eigenvalue weighted by atomic mass is 16.6. The van der Waals surface area contributed by atoms with Crippen LogP contribution in [0.4, 0.5) is 11.4 Å². The fourth-order valence-electron chi connectivity index (χ4n) is 1.48. The van der Waals surface area contributed by atoms with Crippen molar-refractivity contribution in [1.29, 1.82) is 0 Å². The van der Waals surface area contributed by atoms with E-state index < -0.39 is 4.92 Å². The van der Waals surface area contributed by atoms with E-state index in [0.717, 1.165) is 12.8 Å². The number of nitro benzene ring substituents is 1. The van der Waals surface area contributed by atoms with Crippen molar-refractivity contribution >= 4 is 11.4 Å². The summed E-state index contributed by atoms with van der Waals surface area (Å²) in [5, 5.41) is 22.8. The molecule has 0 bridgehead atoms. The summed E-state index contributed by atoms with van der Waals surface area (Å²) in [6.45, 7) is 0.0652. The molecule has 0 aliphatic heterocycles. The summed E-state index contributed by atoms with van der Waals surface area (Å²) < 4.78 is 0. The molecule has 1 aliphatic carbocycles. The average molecular weight is 208 g/mol. The molecule has 0 amide bonds. The lowest BCUT2D eigenvalue weighted by molar-refractivity contribution is -0.384. The second kappa shape index (κ2) is 3.51. The van der Waals surface area contributed by atoms with Gasteiger partial charge in [-0.2, -0.15) is 0 Å². The first kappa shape index (κ1) is 9.92. The van der Waals surface area contributed by atoms with Crippen molar-refractivity contribution in [2.24, 2.45) is 0 Å². The van der Waals surface area contributed by atoms with Crippen LogP contribution >= 0.6 is 0 Å². The van der Waals surface area contributed by atoms with Gasteiger partial charge in [0.1, 0.15) is 0 Å². The van der Waals surface area contributed by atoms with E-state index in [4.69, 9.17) is 5.11 Å². The standard InChI is InChI=1S/C10H12N2O3/c13-7-10(4-5-10)11-8-2-1-3-9(6-8)12(14)15/h1-3,6,11,13H,4-5,7H2. The molecule has 15 heavy (non-hydrogen) atoms. The minimum absolute atomic E-state index is 0.0636. The van der Waals surface area contributed by atoms with Gasteiger partial charge < -0.3 is 10.4 Å². The molecule has 0 radical (unpaired) electrons. The Bertz CT molecular complexity index is 388. The van der Waals surface area contributed by atoms with Gasteiger partial charge in [0, 0.05) is 17.8 Å². The number of aliphatic hydroxyl groups is 1. The van der Waals surface area contributed by atoms with Crippen LogP contribution in [0.25, 0.3) is 0 Å². The molecule has 1 fully saturated rings. The van der Waals surface area contributed by atoms with Gasteiger partial charge in [-0.15, -0.1) is 0 Å². The largest absolute Gasteiger partial charge is 0.394 e. The molecular formula is C10H12N2O3. The van der Waals surface area contributed by atoms with Crippen LogP contribution in [0.3, 0.4) is 0 Å². The fraction of sp³-hybridized carbons (Fsp3) is 0.400. The summed E-state index contributed by atoms with van der Waals surface area (Å²) in [5.41, 5.74) is 0.513. The van der Waals surface area contributed by atoms with Crippen LogP contribution in [0, 0.1) is 10.1 Å². The van der Waals surface area contributed by atoms with Crippen LogP contribution in [0.2, 0.25) is 0 Å². The number of anilines is 1. The molecule has 0 unspecified atom stereocenters. The number of nitrogens with one attached hydrogen (secondary N) is 1. The molecule has 0 aromatic heterocycles. The number of hydrogen-bond acceptors (Lipinski definition) is 4. The zero-order valence-corrected chi connectivity index (χ0v) is 8.14. The second-order valence-corrected chi connectivity index (χ2v) is 3.87. The Kier molecular flexibility index (Phi) is 2.32. The number of hydrogen-bond donors (Lipinski definition) is 2. The summed E-state index contributed by atoms with van der Waals surface area (Å²) in [7, 11) is 0. The zero-order valence-electron chi connectivity index (χ0n) is 8.14. The van der Waals surface area contributed by atoms with Gasteiger partial charge in [-0.3, -0.25) is 10.1 Å². The van der Waals surface area contributed by atoms with E-state index in [0.29, 0.717) is 5.69 Å². The third-order valence-corrected chi connectivity index (χ3v) is 2.62. The van der Waals surface area contributed by atoms with E-state index in [-0.39, 0.29) is 17.8 Å². The summed E-state index contributed by atoms with van der Waals surface area (Å²) in [4.78, 5) is 10.1. The molecular weight excluding hydrogens is 196 g/mol. The zero-order chi connectivity index (χ0) is 10.9. The Morgan fingerprint density at radius 2 is 2.27 bits per heavy atom. The van der Waals surface area contributed by atoms with Crippen LogP contribution in [-0.4, -0.2) is 22.2 Å². The third-order valence-electron chi connectivity index (χ3n) is 2.62. The molecule has 1 aromatic rings. The molecule has 0 spiro atoms. The molecule has 0 heterocycles. The fourth-order valence-corrected chi connectivity index (χ4v) is 1.48. The molecule has 1 saturated carbocycles. The van der Waals surface area contributed by atoms with Crippen molar-refractivity contribution in [3.63, 3.8) is 0 Å². The van der Waals surface area contributed by atoms with Crippen molar-refractivity contribution in [3.05, 3.63) is 34.4 Å². The van der Waals surface area contributed by atoms with E-state index in [1.165, 1.54) is 12.1 Å². The first-order valence-electron chi connectivity index (χ1n) is 4.79. The maximum atomic E-state index is 10.5. The molecule has 0 atom stereocenters. The molecule has 5 heteroatoms. The highest BCUT2D eigenvalue weighted by Crippen LogP contribution is 2.38. The van der Waals surface area contributed by atoms with Crippen molar-refractivity contribution < 1.29 is 10.0 Å². The van der Waals surface area contributed by atoms with Gasteiger partial charge in [-0.05, 0) is 18.9 Å². The number of nitro groups is 1. The molecule has 5 nitrogen and oxygen atoms in total. The first-order valence-corrected chi connectivity index (χ1v) is 4.79. The van der Waals surface area contributed by atoms with Crippen molar-refractivity contribution in [1.82, 2.24) is 0 Å². The summed E-state index contributed by atoms with van der Waals surface area (Å²) in [6.07, 6.45) is 1.82. The van der Waals surface area contributed by atoms with E-state index >= 15 is 0 Å². The van der Waals surface area contributed by atoms with Gasteiger partial charge in [0.2, 0.25) is 0 Å². The minimum atomic E-state index is -0.427. The highest BCUT2D eigenvalue weighted by Gasteiger charge is 2.42. The van der Waals surface area contributed by atoms with E-state index in [1.807, 2.05) is 0 Å². The number of rotatable bonds is 4. The smallest absolute Gasteiger partial charge is 0.271 e. The van der Waals surface area contributed by atoms with E-state index in [9.17, 15) is 10.1 Å². The summed E-state index contributed by atoms with van der Waals surface area (Å²) in [5.74, 6) is 0. The maximum absolute atomic E-state index is 10.5. The van der Waals surface area contributed by atoms with Gasteiger partial charge in [0.15, 0.2) is 0 Å². The summed E-state index contributed by atoms with van der Waals surface area (Å²) >= 11 is 0.